The Hall–Kier alpha value is -5.49. The van der Waals surface area contributed by atoms with Gasteiger partial charge >= 0.3 is 12.1 Å². The number of fused-ring (bicyclic) bond motifs is 1. The Kier molecular flexibility index (Phi) is 6.52. The molecule has 5 rings (SSSR count). The first-order valence-electron chi connectivity index (χ1n) is 11.5. The Labute approximate surface area is 219 Å². The summed E-state index contributed by atoms with van der Waals surface area (Å²) in [5.41, 5.74) is 2.27. The summed E-state index contributed by atoms with van der Waals surface area (Å²) in [7, 11) is 0. The van der Waals surface area contributed by atoms with Crippen molar-refractivity contribution in [3.63, 3.8) is 0 Å². The molecule has 5 aromatic rings. The van der Waals surface area contributed by atoms with Crippen molar-refractivity contribution in [3.05, 3.63) is 90.6 Å². The standard InChI is InChI=1S/C27H17F3N8O/c28-27(29,30)26(39)38(20-5-1-3-17(11-20)13-32)21-6-2-4-18(12-21)23(7-9-31)37-15-19(14-36-37)24-22-8-10-33-25(22)35-16-34-24/h1-6,8,10-12,14-16,23H,7H2,(H,33,34,35). The van der Waals surface area contributed by atoms with E-state index in [2.05, 4.69) is 26.1 Å². The summed E-state index contributed by atoms with van der Waals surface area (Å²) in [5.74, 6) is -2.12. The van der Waals surface area contributed by atoms with Gasteiger partial charge in [-0.05, 0) is 42.0 Å². The summed E-state index contributed by atoms with van der Waals surface area (Å²) in [5, 5.41) is 23.9. The van der Waals surface area contributed by atoms with E-state index in [0.717, 1.165) is 5.39 Å². The lowest BCUT2D eigenvalue weighted by Gasteiger charge is -2.25. The molecule has 192 valence electrons. The number of nitrogens with one attached hydrogen (secondary N) is 1. The first-order chi connectivity index (χ1) is 18.8. The fourth-order valence-corrected chi connectivity index (χ4v) is 4.28. The largest absolute Gasteiger partial charge is 0.472 e. The smallest absolute Gasteiger partial charge is 0.346 e. The molecule has 1 atom stereocenters. The van der Waals surface area contributed by atoms with E-state index in [0.29, 0.717) is 27.4 Å². The molecule has 0 spiro atoms. The highest BCUT2D eigenvalue weighted by Crippen LogP contribution is 2.34. The fourth-order valence-electron chi connectivity index (χ4n) is 4.28. The van der Waals surface area contributed by atoms with Gasteiger partial charge in [-0.1, -0.05) is 18.2 Å². The number of H-pyrrole nitrogens is 1. The van der Waals surface area contributed by atoms with E-state index in [1.165, 1.54) is 53.5 Å². The zero-order valence-electron chi connectivity index (χ0n) is 20.0. The van der Waals surface area contributed by atoms with Crippen molar-refractivity contribution in [1.82, 2.24) is 24.7 Å². The Morgan fingerprint density at radius 3 is 2.59 bits per heavy atom. The summed E-state index contributed by atoms with van der Waals surface area (Å²) >= 11 is 0. The van der Waals surface area contributed by atoms with Crippen molar-refractivity contribution < 1.29 is 18.0 Å². The molecule has 2 aromatic carbocycles. The highest BCUT2D eigenvalue weighted by molar-refractivity contribution is 6.03. The Balaban J connectivity index is 1.57. The molecule has 0 aliphatic rings. The number of nitriles is 2. The average Bonchev–Trinajstić information content (AvgIpc) is 3.62. The van der Waals surface area contributed by atoms with Gasteiger partial charge in [-0.3, -0.25) is 14.4 Å². The molecule has 12 heteroatoms. The van der Waals surface area contributed by atoms with E-state index in [-0.39, 0.29) is 23.4 Å². The number of nitrogens with zero attached hydrogens (tertiary/aromatic N) is 7. The zero-order chi connectivity index (χ0) is 27.6. The maximum atomic E-state index is 13.6. The van der Waals surface area contributed by atoms with Gasteiger partial charge in [-0.15, -0.1) is 0 Å². The van der Waals surface area contributed by atoms with Crippen LogP contribution >= 0.6 is 0 Å². The van der Waals surface area contributed by atoms with E-state index >= 15 is 0 Å². The molecule has 0 radical (unpaired) electrons. The molecule has 0 fully saturated rings. The van der Waals surface area contributed by atoms with Gasteiger partial charge in [0, 0.05) is 29.0 Å². The zero-order valence-corrected chi connectivity index (χ0v) is 20.0. The van der Waals surface area contributed by atoms with Crippen molar-refractivity contribution in [2.75, 3.05) is 4.90 Å². The van der Waals surface area contributed by atoms with Gasteiger partial charge in [0.15, 0.2) is 0 Å². The minimum Gasteiger partial charge on any atom is -0.346 e. The van der Waals surface area contributed by atoms with Crippen LogP contribution in [-0.2, 0) is 4.79 Å². The number of aromatic nitrogens is 5. The van der Waals surface area contributed by atoms with E-state index < -0.39 is 18.1 Å². The number of carbonyl (C=O) groups is 1. The normalized spacial score (nSPS) is 12.0. The predicted octanol–water partition coefficient (Wildman–Crippen LogP) is 5.42. The number of benzene rings is 2. The first kappa shape index (κ1) is 25.2. The number of carbonyl (C=O) groups excluding carboxylic acids is 1. The van der Waals surface area contributed by atoms with E-state index in [4.69, 9.17) is 0 Å². The van der Waals surface area contributed by atoms with Crippen molar-refractivity contribution in [1.29, 1.82) is 10.5 Å². The number of anilines is 2. The molecule has 0 aliphatic heterocycles. The summed E-state index contributed by atoms with van der Waals surface area (Å²) < 4.78 is 42.4. The molecule has 0 aliphatic carbocycles. The second kappa shape index (κ2) is 10.1. The maximum absolute atomic E-state index is 13.6. The van der Waals surface area contributed by atoms with Crippen LogP contribution in [-0.4, -0.2) is 36.8 Å². The molecule has 9 nitrogen and oxygen atoms in total. The Morgan fingerprint density at radius 2 is 1.85 bits per heavy atom. The molecule has 39 heavy (non-hydrogen) atoms. The summed E-state index contributed by atoms with van der Waals surface area (Å²) in [6.45, 7) is 0. The van der Waals surface area contributed by atoms with E-state index in [1.54, 1.807) is 24.7 Å². The second-order valence-electron chi connectivity index (χ2n) is 8.44. The third-order valence-corrected chi connectivity index (χ3v) is 6.03. The highest BCUT2D eigenvalue weighted by Gasteiger charge is 2.44. The Morgan fingerprint density at radius 1 is 1.08 bits per heavy atom. The lowest BCUT2D eigenvalue weighted by atomic mass is 10.0. The van der Waals surface area contributed by atoms with Crippen LogP contribution in [0.4, 0.5) is 24.5 Å². The molecule has 1 amide bonds. The second-order valence-corrected chi connectivity index (χ2v) is 8.44. The van der Waals surface area contributed by atoms with Gasteiger partial charge in [0.2, 0.25) is 0 Å². The predicted molar refractivity (Wildman–Crippen MR) is 134 cm³/mol. The number of amides is 1. The van der Waals surface area contributed by atoms with E-state index in [9.17, 15) is 28.5 Å². The molecule has 0 saturated carbocycles. The summed E-state index contributed by atoms with van der Waals surface area (Å²) in [4.78, 5) is 24.6. The van der Waals surface area contributed by atoms with Crippen LogP contribution in [0.1, 0.15) is 23.6 Å². The average molecular weight is 526 g/mol. The molecular formula is C27H17F3N8O. The number of alkyl halides is 3. The molecule has 3 heterocycles. The molecule has 1 N–H and O–H groups in total. The number of hydrogen-bond donors (Lipinski definition) is 1. The minimum absolute atomic E-state index is 0.0505. The number of halogens is 3. The first-order valence-corrected chi connectivity index (χ1v) is 11.5. The van der Waals surface area contributed by atoms with Crippen LogP contribution in [0.5, 0.6) is 0 Å². The van der Waals surface area contributed by atoms with Crippen molar-refractivity contribution >= 4 is 28.3 Å². The minimum atomic E-state index is -5.18. The van der Waals surface area contributed by atoms with Crippen molar-refractivity contribution in [3.8, 4) is 23.4 Å². The third-order valence-electron chi connectivity index (χ3n) is 6.03. The summed E-state index contributed by atoms with van der Waals surface area (Å²) in [6.07, 6.45) is 1.19. The molecule has 0 saturated heterocycles. The van der Waals surface area contributed by atoms with Gasteiger partial charge in [-0.25, -0.2) is 9.97 Å². The van der Waals surface area contributed by atoms with Gasteiger partial charge in [0.25, 0.3) is 0 Å². The SMILES string of the molecule is N#CCC(c1cccc(N(C(=O)C(F)(F)F)c2cccc(C#N)c2)c1)n1cc(-c2ncnc3[nH]ccc23)cn1. The summed E-state index contributed by atoms with van der Waals surface area (Å²) in [6, 6.07) is 16.3. The van der Waals surface area contributed by atoms with Gasteiger partial charge in [0.1, 0.15) is 12.0 Å². The van der Waals surface area contributed by atoms with Crippen LogP contribution in [0.25, 0.3) is 22.3 Å². The van der Waals surface area contributed by atoms with Crippen molar-refractivity contribution in [2.24, 2.45) is 0 Å². The third kappa shape index (κ3) is 4.91. The lowest BCUT2D eigenvalue weighted by Crippen LogP contribution is -2.38. The van der Waals surface area contributed by atoms with Crippen LogP contribution in [0.15, 0.2) is 79.5 Å². The van der Waals surface area contributed by atoms with E-state index in [1.807, 2.05) is 12.1 Å². The van der Waals surface area contributed by atoms with Crippen LogP contribution in [0, 0.1) is 22.7 Å². The van der Waals surface area contributed by atoms with Gasteiger partial charge in [0.05, 0.1) is 47.7 Å². The molecular weight excluding hydrogens is 509 g/mol. The quantitative estimate of drug-likeness (QED) is 0.315. The van der Waals surface area contributed by atoms with Gasteiger partial charge in [-0.2, -0.15) is 28.8 Å². The molecule has 1 unspecified atom stereocenters. The molecule has 0 bridgehead atoms. The maximum Gasteiger partial charge on any atom is 0.472 e. The van der Waals surface area contributed by atoms with Crippen LogP contribution < -0.4 is 4.90 Å². The van der Waals surface area contributed by atoms with Crippen LogP contribution in [0.2, 0.25) is 0 Å². The van der Waals surface area contributed by atoms with Crippen LogP contribution in [0.3, 0.4) is 0 Å². The number of aromatic amines is 1. The monoisotopic (exact) mass is 526 g/mol. The number of hydrogen-bond acceptors (Lipinski definition) is 6. The lowest BCUT2D eigenvalue weighted by molar-refractivity contribution is -0.169. The molecule has 3 aromatic heterocycles. The Bertz CT molecular complexity index is 1760. The fraction of sp³-hybridized carbons (Fsp3) is 0.111. The highest BCUT2D eigenvalue weighted by atomic mass is 19.4. The number of rotatable bonds is 6. The topological polar surface area (TPSA) is 127 Å². The van der Waals surface area contributed by atoms with Crippen molar-refractivity contribution in [2.45, 2.75) is 18.6 Å². The van der Waals surface area contributed by atoms with Gasteiger partial charge < -0.3 is 4.98 Å².